The van der Waals surface area contributed by atoms with Crippen molar-refractivity contribution in [2.24, 2.45) is 11.7 Å². The SMILES string of the molecule is CC1CCCC1(CN)N(C)Cc1cccnc1. The molecule has 2 atom stereocenters. The Balaban J connectivity index is 2.10. The zero-order valence-electron chi connectivity index (χ0n) is 10.9. The van der Waals surface area contributed by atoms with E-state index >= 15 is 0 Å². The van der Waals surface area contributed by atoms with Gasteiger partial charge in [-0.1, -0.05) is 19.4 Å². The molecule has 3 heteroatoms. The van der Waals surface area contributed by atoms with E-state index in [1.54, 1.807) is 0 Å². The van der Waals surface area contributed by atoms with E-state index in [1.807, 2.05) is 18.5 Å². The second-order valence-corrected chi connectivity index (χ2v) is 5.32. The zero-order valence-corrected chi connectivity index (χ0v) is 10.9. The van der Waals surface area contributed by atoms with Gasteiger partial charge in [0.25, 0.3) is 0 Å². The molecule has 0 saturated heterocycles. The van der Waals surface area contributed by atoms with Gasteiger partial charge < -0.3 is 5.73 Å². The summed E-state index contributed by atoms with van der Waals surface area (Å²) < 4.78 is 0. The molecule has 3 nitrogen and oxygen atoms in total. The molecule has 0 radical (unpaired) electrons. The molecule has 2 rings (SSSR count). The number of hydrogen-bond donors (Lipinski definition) is 1. The molecule has 1 heterocycles. The molecule has 1 aliphatic carbocycles. The van der Waals surface area contributed by atoms with Crippen molar-refractivity contribution in [2.75, 3.05) is 13.6 Å². The number of rotatable bonds is 4. The van der Waals surface area contributed by atoms with Gasteiger partial charge in [-0.25, -0.2) is 0 Å². The molecule has 0 bridgehead atoms. The largest absolute Gasteiger partial charge is 0.329 e. The van der Waals surface area contributed by atoms with Crippen molar-refractivity contribution in [3.63, 3.8) is 0 Å². The first-order valence-corrected chi connectivity index (χ1v) is 6.49. The molecule has 2 unspecified atom stereocenters. The van der Waals surface area contributed by atoms with Gasteiger partial charge in [0.15, 0.2) is 0 Å². The summed E-state index contributed by atoms with van der Waals surface area (Å²) in [6.45, 7) is 4.03. The van der Waals surface area contributed by atoms with Crippen molar-refractivity contribution in [3.8, 4) is 0 Å². The molecule has 17 heavy (non-hydrogen) atoms. The van der Waals surface area contributed by atoms with E-state index in [9.17, 15) is 0 Å². The minimum Gasteiger partial charge on any atom is -0.329 e. The normalized spacial score (nSPS) is 28.8. The number of pyridine rings is 1. The fourth-order valence-corrected chi connectivity index (χ4v) is 3.18. The molecule has 0 aromatic carbocycles. The molecule has 1 aromatic heterocycles. The molecular formula is C14H23N3. The van der Waals surface area contributed by atoms with Crippen LogP contribution in [-0.2, 0) is 6.54 Å². The third-order valence-corrected chi connectivity index (χ3v) is 4.42. The third kappa shape index (κ3) is 2.35. The van der Waals surface area contributed by atoms with Gasteiger partial charge >= 0.3 is 0 Å². The molecule has 2 N–H and O–H groups in total. The van der Waals surface area contributed by atoms with Crippen LogP contribution >= 0.6 is 0 Å². The van der Waals surface area contributed by atoms with E-state index in [2.05, 4.69) is 29.9 Å². The van der Waals surface area contributed by atoms with Gasteiger partial charge in [0.1, 0.15) is 0 Å². The molecule has 0 aliphatic heterocycles. The van der Waals surface area contributed by atoms with Crippen LogP contribution < -0.4 is 5.73 Å². The smallest absolute Gasteiger partial charge is 0.0357 e. The maximum Gasteiger partial charge on any atom is 0.0357 e. The summed E-state index contributed by atoms with van der Waals surface area (Å²) in [5, 5.41) is 0. The Bertz CT molecular complexity index is 352. The van der Waals surface area contributed by atoms with Gasteiger partial charge in [0.05, 0.1) is 0 Å². The van der Waals surface area contributed by atoms with Gasteiger partial charge in [-0.3, -0.25) is 9.88 Å². The van der Waals surface area contributed by atoms with E-state index in [0.29, 0.717) is 5.92 Å². The molecule has 1 fully saturated rings. The third-order valence-electron chi connectivity index (χ3n) is 4.42. The van der Waals surface area contributed by atoms with Crippen molar-refractivity contribution in [2.45, 2.75) is 38.3 Å². The van der Waals surface area contributed by atoms with Crippen LogP contribution in [0, 0.1) is 5.92 Å². The van der Waals surface area contributed by atoms with Crippen LogP contribution in [0.1, 0.15) is 31.7 Å². The summed E-state index contributed by atoms with van der Waals surface area (Å²) in [5.41, 5.74) is 7.51. The van der Waals surface area contributed by atoms with E-state index in [1.165, 1.54) is 24.8 Å². The summed E-state index contributed by atoms with van der Waals surface area (Å²) in [5.74, 6) is 0.689. The van der Waals surface area contributed by atoms with E-state index in [4.69, 9.17) is 5.73 Å². The Labute approximate surface area is 104 Å². The Morgan fingerprint density at radius 2 is 2.41 bits per heavy atom. The summed E-state index contributed by atoms with van der Waals surface area (Å²) in [4.78, 5) is 6.61. The lowest BCUT2D eigenvalue weighted by Gasteiger charge is -2.41. The van der Waals surface area contributed by atoms with Crippen molar-refractivity contribution in [1.29, 1.82) is 0 Å². The molecule has 0 spiro atoms. The number of nitrogens with two attached hydrogens (primary N) is 1. The molecule has 1 aliphatic rings. The first kappa shape index (κ1) is 12.5. The van der Waals surface area contributed by atoms with Crippen LogP contribution in [-0.4, -0.2) is 29.0 Å². The summed E-state index contributed by atoms with van der Waals surface area (Å²) in [6, 6.07) is 4.13. The minimum absolute atomic E-state index is 0.190. The highest BCUT2D eigenvalue weighted by molar-refractivity contribution is 5.10. The first-order valence-electron chi connectivity index (χ1n) is 6.49. The fourth-order valence-electron chi connectivity index (χ4n) is 3.18. The second-order valence-electron chi connectivity index (χ2n) is 5.32. The predicted molar refractivity (Wildman–Crippen MR) is 70.5 cm³/mol. The zero-order chi connectivity index (χ0) is 12.3. The standard InChI is InChI=1S/C14H23N3/c1-12-5-3-7-14(12,11-15)17(2)10-13-6-4-8-16-9-13/h4,6,8-9,12H,3,5,7,10-11,15H2,1-2H3. The number of likely N-dealkylation sites (N-methyl/N-ethyl adjacent to an activating group) is 1. The number of nitrogens with zero attached hydrogens (tertiary/aromatic N) is 2. The lowest BCUT2D eigenvalue weighted by atomic mass is 9.86. The van der Waals surface area contributed by atoms with Crippen LogP contribution in [0.3, 0.4) is 0 Å². The average molecular weight is 233 g/mol. The van der Waals surface area contributed by atoms with Crippen LogP contribution in [0.4, 0.5) is 0 Å². The van der Waals surface area contributed by atoms with E-state index in [0.717, 1.165) is 13.1 Å². The quantitative estimate of drug-likeness (QED) is 0.865. The average Bonchev–Trinajstić information content (AvgIpc) is 2.73. The predicted octanol–water partition coefficient (Wildman–Crippen LogP) is 2.03. The molecule has 0 amide bonds. The lowest BCUT2D eigenvalue weighted by Crippen LogP contribution is -2.53. The van der Waals surface area contributed by atoms with Crippen LogP contribution in [0.5, 0.6) is 0 Å². The second kappa shape index (κ2) is 5.15. The minimum atomic E-state index is 0.190. The maximum absolute atomic E-state index is 6.06. The Morgan fingerprint density at radius 3 is 2.94 bits per heavy atom. The number of hydrogen-bond acceptors (Lipinski definition) is 3. The summed E-state index contributed by atoms with van der Waals surface area (Å²) >= 11 is 0. The van der Waals surface area contributed by atoms with E-state index < -0.39 is 0 Å². The van der Waals surface area contributed by atoms with Gasteiger partial charge in [0, 0.05) is 31.0 Å². The fraction of sp³-hybridized carbons (Fsp3) is 0.643. The Kier molecular flexibility index (Phi) is 3.79. The molecule has 1 aromatic rings. The molecule has 1 saturated carbocycles. The van der Waals surface area contributed by atoms with Gasteiger partial charge in [-0.05, 0) is 37.4 Å². The lowest BCUT2D eigenvalue weighted by molar-refractivity contribution is 0.0840. The monoisotopic (exact) mass is 233 g/mol. The van der Waals surface area contributed by atoms with Crippen LogP contribution in [0.15, 0.2) is 24.5 Å². The van der Waals surface area contributed by atoms with Gasteiger partial charge in [-0.2, -0.15) is 0 Å². The van der Waals surface area contributed by atoms with Crippen molar-refractivity contribution >= 4 is 0 Å². The topological polar surface area (TPSA) is 42.1 Å². The molecular weight excluding hydrogens is 210 g/mol. The summed E-state index contributed by atoms with van der Waals surface area (Å²) in [6.07, 6.45) is 7.59. The van der Waals surface area contributed by atoms with Crippen molar-refractivity contribution < 1.29 is 0 Å². The van der Waals surface area contributed by atoms with Gasteiger partial charge in [-0.15, -0.1) is 0 Å². The highest BCUT2D eigenvalue weighted by Gasteiger charge is 2.42. The van der Waals surface area contributed by atoms with Gasteiger partial charge in [0.2, 0.25) is 0 Å². The Hall–Kier alpha value is -0.930. The van der Waals surface area contributed by atoms with Crippen LogP contribution in [0.2, 0.25) is 0 Å². The molecule has 94 valence electrons. The maximum atomic E-state index is 6.06. The Morgan fingerprint density at radius 1 is 1.59 bits per heavy atom. The first-order chi connectivity index (χ1) is 8.19. The van der Waals surface area contributed by atoms with Crippen molar-refractivity contribution in [1.82, 2.24) is 9.88 Å². The highest BCUT2D eigenvalue weighted by atomic mass is 15.2. The van der Waals surface area contributed by atoms with Crippen molar-refractivity contribution in [3.05, 3.63) is 30.1 Å². The summed E-state index contributed by atoms with van der Waals surface area (Å²) in [7, 11) is 2.20. The highest BCUT2D eigenvalue weighted by Crippen LogP contribution is 2.39. The van der Waals surface area contributed by atoms with E-state index in [-0.39, 0.29) is 5.54 Å². The number of aromatic nitrogens is 1. The van der Waals surface area contributed by atoms with Crippen LogP contribution in [0.25, 0.3) is 0 Å².